The third-order valence-electron chi connectivity index (χ3n) is 9.80. The van der Waals surface area contributed by atoms with Crippen molar-refractivity contribution in [3.05, 3.63) is 76.9 Å². The molecule has 0 bridgehead atoms. The van der Waals surface area contributed by atoms with Crippen LogP contribution in [0.3, 0.4) is 0 Å². The number of nitrogens with zero attached hydrogens (tertiary/aromatic N) is 5. The molecule has 1 aromatic heterocycles. The number of carbonyl (C=O) groups is 2. The number of likely N-dealkylation sites (tertiary alicyclic amines) is 1. The van der Waals surface area contributed by atoms with Crippen molar-refractivity contribution in [2.75, 3.05) is 56.9 Å². The number of anilines is 2. The number of carbonyl (C=O) groups excluding carboxylic acids is 2. The van der Waals surface area contributed by atoms with Crippen LogP contribution in [0.15, 0.2) is 58.7 Å². The molecule has 292 valence electrons. The molecular formula is C37H47F4N9O3S. The third-order valence-corrected chi connectivity index (χ3v) is 11.3. The number of nitrogens with one attached hydrogen (secondary N) is 3. The summed E-state index contributed by atoms with van der Waals surface area (Å²) in [6.07, 6.45) is 1.29. The van der Waals surface area contributed by atoms with E-state index in [1.54, 1.807) is 17.4 Å². The Morgan fingerprint density at radius 2 is 1.78 bits per heavy atom. The molecule has 2 aliphatic heterocycles. The summed E-state index contributed by atoms with van der Waals surface area (Å²) >= 11 is 0. The van der Waals surface area contributed by atoms with Crippen molar-refractivity contribution in [2.45, 2.75) is 68.5 Å². The second-order valence-electron chi connectivity index (χ2n) is 13.8. The van der Waals surface area contributed by atoms with Crippen molar-refractivity contribution in [3.8, 4) is 0 Å². The van der Waals surface area contributed by atoms with E-state index in [0.717, 1.165) is 56.1 Å². The lowest BCUT2D eigenvalue weighted by molar-refractivity contribution is -0.138. The number of benzene rings is 2. The molecule has 0 saturated carbocycles. The number of rotatable bonds is 15. The molecule has 0 spiro atoms. The Kier molecular flexibility index (Phi) is 14.1. The molecule has 2 amide bonds. The molecular weight excluding hydrogens is 727 g/mol. The van der Waals surface area contributed by atoms with Gasteiger partial charge in [-0.2, -0.15) is 18.2 Å². The second kappa shape index (κ2) is 18.7. The van der Waals surface area contributed by atoms with E-state index in [0.29, 0.717) is 50.2 Å². The minimum absolute atomic E-state index is 0.0639. The smallest absolute Gasteiger partial charge is 0.388 e. The first kappa shape index (κ1) is 40.7. The van der Waals surface area contributed by atoms with Gasteiger partial charge in [0.05, 0.1) is 10.5 Å². The summed E-state index contributed by atoms with van der Waals surface area (Å²) in [7, 11) is 0.110. The van der Waals surface area contributed by atoms with Crippen LogP contribution in [0.5, 0.6) is 0 Å². The maximum atomic E-state index is 15.3. The van der Waals surface area contributed by atoms with Crippen LogP contribution in [0, 0.1) is 11.7 Å². The van der Waals surface area contributed by atoms with Crippen LogP contribution in [0.1, 0.15) is 67.2 Å². The number of amides is 2. The molecule has 2 unspecified atom stereocenters. The zero-order chi connectivity index (χ0) is 38.8. The molecule has 54 heavy (non-hydrogen) atoms. The van der Waals surface area contributed by atoms with E-state index in [1.807, 2.05) is 18.2 Å². The van der Waals surface area contributed by atoms with Crippen molar-refractivity contribution in [3.63, 3.8) is 0 Å². The molecule has 17 heteroatoms. The monoisotopic (exact) mass is 773 g/mol. The number of hydrogen-bond donors (Lipinski definition) is 4. The van der Waals surface area contributed by atoms with Gasteiger partial charge in [-0.3, -0.25) is 9.59 Å². The van der Waals surface area contributed by atoms with Gasteiger partial charge in [0.25, 0.3) is 0 Å². The average molecular weight is 774 g/mol. The van der Waals surface area contributed by atoms with E-state index in [2.05, 4.69) is 48.8 Å². The van der Waals surface area contributed by atoms with Gasteiger partial charge in [0.2, 0.25) is 18.3 Å². The van der Waals surface area contributed by atoms with E-state index in [9.17, 15) is 27.0 Å². The van der Waals surface area contributed by atoms with Crippen LogP contribution in [0.4, 0.5) is 29.2 Å². The van der Waals surface area contributed by atoms with E-state index in [-0.39, 0.29) is 41.6 Å². The fraction of sp³-hybridized carbons (Fsp3) is 0.486. The molecule has 2 aliphatic rings. The third kappa shape index (κ3) is 11.0. The normalized spacial score (nSPS) is 17.9. The minimum atomic E-state index is -4.51. The van der Waals surface area contributed by atoms with Crippen LogP contribution in [0.2, 0.25) is 0 Å². The molecule has 3 aromatic rings. The number of halogens is 4. The summed E-state index contributed by atoms with van der Waals surface area (Å²) in [4.78, 5) is 36.6. The minimum Gasteiger partial charge on any atom is -0.388 e. The van der Waals surface area contributed by atoms with Gasteiger partial charge in [-0.05, 0) is 92.4 Å². The van der Waals surface area contributed by atoms with E-state index in [1.165, 1.54) is 11.6 Å². The summed E-state index contributed by atoms with van der Waals surface area (Å²) in [6, 6.07) is 10.8. The van der Waals surface area contributed by atoms with E-state index < -0.39 is 34.4 Å². The quantitative estimate of drug-likeness (QED) is 0.0565. The number of piperidine rings is 2. The highest BCUT2D eigenvalue weighted by Gasteiger charge is 2.32. The lowest BCUT2D eigenvalue weighted by atomic mass is 9.88. The molecule has 2 fully saturated rings. The molecule has 5 rings (SSSR count). The molecule has 2 saturated heterocycles. The lowest BCUT2D eigenvalue weighted by Crippen LogP contribution is -2.40. The number of aromatic nitrogens is 2. The Labute approximate surface area is 315 Å². The molecule has 2 aromatic carbocycles. The van der Waals surface area contributed by atoms with Gasteiger partial charge in [0, 0.05) is 69.3 Å². The van der Waals surface area contributed by atoms with E-state index in [4.69, 9.17) is 5.73 Å². The Morgan fingerprint density at radius 1 is 1.07 bits per heavy atom. The van der Waals surface area contributed by atoms with Gasteiger partial charge in [0.1, 0.15) is 22.6 Å². The van der Waals surface area contributed by atoms with Gasteiger partial charge in [-0.15, -0.1) is 0 Å². The highest BCUT2D eigenvalue weighted by Crippen LogP contribution is 2.32. The maximum absolute atomic E-state index is 15.3. The number of amidine groups is 1. The highest BCUT2D eigenvalue weighted by atomic mass is 32.2. The Balaban J connectivity index is 1.06. The van der Waals surface area contributed by atoms with Crippen LogP contribution < -0.4 is 21.7 Å². The molecule has 2 atom stereocenters. The summed E-state index contributed by atoms with van der Waals surface area (Å²) < 4.78 is 68.7. The first-order valence-electron chi connectivity index (χ1n) is 18.0. The molecule has 5 N–H and O–H groups in total. The topological polar surface area (TPSA) is 158 Å². The van der Waals surface area contributed by atoms with Crippen molar-refractivity contribution in [1.29, 1.82) is 0 Å². The van der Waals surface area contributed by atoms with Gasteiger partial charge in [0.15, 0.2) is 0 Å². The predicted octanol–water partition coefficient (Wildman–Crippen LogP) is 4.70. The fourth-order valence-electron chi connectivity index (χ4n) is 6.94. The van der Waals surface area contributed by atoms with Crippen molar-refractivity contribution in [2.24, 2.45) is 16.6 Å². The van der Waals surface area contributed by atoms with Crippen LogP contribution >= 0.6 is 0 Å². The summed E-state index contributed by atoms with van der Waals surface area (Å²) in [5.41, 5.74) is 8.69. The largest absolute Gasteiger partial charge is 0.419 e. The van der Waals surface area contributed by atoms with Crippen LogP contribution in [-0.4, -0.2) is 93.9 Å². The number of aliphatic imine (C=N–C) groups is 1. The Bertz CT molecular complexity index is 1800. The Hall–Kier alpha value is -4.48. The number of nitrogens with two attached hydrogens (primary N) is 1. The van der Waals surface area contributed by atoms with E-state index >= 15 is 4.39 Å². The Morgan fingerprint density at radius 3 is 2.41 bits per heavy atom. The first-order chi connectivity index (χ1) is 25.8. The number of hydrogen-bond acceptors (Lipinski definition) is 8. The zero-order valence-electron chi connectivity index (χ0n) is 30.4. The van der Waals surface area contributed by atoms with Crippen LogP contribution in [0.25, 0.3) is 0 Å². The second-order valence-corrected chi connectivity index (χ2v) is 15.3. The standard InChI is InChI=1S/C37H47F4N9O3S/c1-24(22-49-13-8-26(9-14-49)27-4-5-30(32(19-27)43-2)35(42)48-34(52)7-12-44-23-51)17-25-3-6-33(31(38)18-25)54(53)50-15-10-29(11-16-50)47-36-45-20-28(21-46-36)37(39,40)41/h3-6,18-21,23-24,26,29,43H,7-17,22H2,1-2H3,(H,44,51)(H2,42,48,52)(H,45,46,47). The van der Waals surface area contributed by atoms with Gasteiger partial charge >= 0.3 is 6.18 Å². The van der Waals surface area contributed by atoms with Gasteiger partial charge in [-0.25, -0.2) is 22.9 Å². The zero-order valence-corrected chi connectivity index (χ0v) is 31.2. The highest BCUT2D eigenvalue weighted by molar-refractivity contribution is 7.82. The van der Waals surface area contributed by atoms with Crippen molar-refractivity contribution >= 4 is 40.8 Å². The maximum Gasteiger partial charge on any atom is 0.419 e. The fourth-order valence-corrected chi connectivity index (χ4v) is 8.17. The average Bonchev–Trinajstić information content (AvgIpc) is 3.15. The van der Waals surface area contributed by atoms with Crippen LogP contribution in [-0.2, 0) is 33.2 Å². The lowest BCUT2D eigenvalue weighted by Gasteiger charge is -2.34. The summed E-state index contributed by atoms with van der Waals surface area (Å²) in [5.74, 6) is -0.0573. The molecule has 0 aliphatic carbocycles. The van der Waals surface area contributed by atoms with Crippen molar-refractivity contribution < 1.29 is 31.4 Å². The molecule has 0 radical (unpaired) electrons. The summed E-state index contributed by atoms with van der Waals surface area (Å²) in [5, 5.41) is 8.64. The predicted molar refractivity (Wildman–Crippen MR) is 200 cm³/mol. The first-order valence-corrected chi connectivity index (χ1v) is 19.1. The molecule has 12 nitrogen and oxygen atoms in total. The number of alkyl halides is 3. The van der Waals surface area contributed by atoms with Crippen molar-refractivity contribution in [1.82, 2.24) is 24.5 Å². The summed E-state index contributed by atoms with van der Waals surface area (Å²) in [6.45, 7) is 5.89. The molecule has 3 heterocycles. The van der Waals surface area contributed by atoms with Gasteiger partial charge < -0.3 is 26.6 Å². The van der Waals surface area contributed by atoms with Gasteiger partial charge in [-0.1, -0.05) is 19.1 Å². The SMILES string of the molecule is CNc1cc(C2CCN(CC(C)Cc3ccc(S(=O)N4CCC(Nc5ncc(C(F)(F)F)cn5)CC4)c(F)c3)CC2)ccc1C(N)=NC(=O)CCNC=O.